The van der Waals surface area contributed by atoms with Gasteiger partial charge < -0.3 is 4.42 Å². The van der Waals surface area contributed by atoms with E-state index in [0.717, 1.165) is 22.3 Å². The average Bonchev–Trinajstić information content (AvgIpc) is 3.45. The Balaban J connectivity index is 1.70. The van der Waals surface area contributed by atoms with Crippen LogP contribution in [0.2, 0.25) is 0 Å². The molecule has 1 nitrogen and oxygen atoms in total. The quantitative estimate of drug-likeness (QED) is 0.282. The fourth-order valence-electron chi connectivity index (χ4n) is 6.08. The van der Waals surface area contributed by atoms with E-state index in [0.29, 0.717) is 0 Å². The third-order valence-corrected chi connectivity index (χ3v) is 7.26. The molecule has 1 aromatic heterocycles. The van der Waals surface area contributed by atoms with E-state index in [1.807, 2.05) is 6.08 Å². The van der Waals surface area contributed by atoms with Crippen LogP contribution in [0.3, 0.4) is 0 Å². The van der Waals surface area contributed by atoms with E-state index in [1.54, 1.807) is 6.08 Å². The number of furan rings is 1. The van der Waals surface area contributed by atoms with Crippen LogP contribution in [-0.4, -0.2) is 0 Å². The van der Waals surface area contributed by atoms with Crippen LogP contribution >= 0.6 is 0 Å². The summed E-state index contributed by atoms with van der Waals surface area (Å²) < 4.78 is 6.25. The topological polar surface area (TPSA) is 13.1 Å². The Bertz CT molecular complexity index is 1570. The van der Waals surface area contributed by atoms with Crippen molar-refractivity contribution in [2.24, 2.45) is 0 Å². The van der Waals surface area contributed by atoms with Gasteiger partial charge in [-0.15, -0.1) is 0 Å². The number of hydrogen-bond acceptors (Lipinski definition) is 1. The Hall–Kier alpha value is -4.10. The lowest BCUT2D eigenvalue weighted by molar-refractivity contribution is 0.602. The van der Waals surface area contributed by atoms with E-state index in [2.05, 4.69) is 98.1 Å². The summed E-state index contributed by atoms with van der Waals surface area (Å²) in [4.78, 5) is 0. The molecule has 150 valence electrons. The molecule has 4 aromatic carbocycles. The average molecular weight is 409 g/mol. The van der Waals surface area contributed by atoms with Crippen LogP contribution < -0.4 is 0 Å². The van der Waals surface area contributed by atoms with Crippen LogP contribution in [0.1, 0.15) is 33.6 Å². The van der Waals surface area contributed by atoms with Crippen molar-refractivity contribution in [3.8, 4) is 22.3 Å². The summed E-state index contributed by atoms with van der Waals surface area (Å²) in [6, 6.07) is 31.0. The molecule has 0 atom stereocenters. The fourth-order valence-corrected chi connectivity index (χ4v) is 6.08. The maximum Gasteiger partial charge on any atom is 0.135 e. The zero-order chi connectivity index (χ0) is 21.4. The number of fused-ring (bicyclic) bond motifs is 11. The third kappa shape index (κ3) is 1.86. The SMILES string of the molecule is C=Cc1oc2cc3c(cc2c1C=C)-c1ccccc1C31c2ccccc2-c2ccccc21. The van der Waals surface area contributed by atoms with Gasteiger partial charge in [0.25, 0.3) is 0 Å². The van der Waals surface area contributed by atoms with Gasteiger partial charge in [-0.1, -0.05) is 92.0 Å². The lowest BCUT2D eigenvalue weighted by atomic mass is 9.70. The summed E-state index contributed by atoms with van der Waals surface area (Å²) in [6.45, 7) is 7.96. The molecule has 2 aliphatic carbocycles. The molecule has 2 aliphatic rings. The van der Waals surface area contributed by atoms with Crippen molar-refractivity contribution in [2.45, 2.75) is 5.41 Å². The van der Waals surface area contributed by atoms with Crippen LogP contribution in [0.5, 0.6) is 0 Å². The minimum Gasteiger partial charge on any atom is -0.456 e. The monoisotopic (exact) mass is 408 g/mol. The van der Waals surface area contributed by atoms with Crippen LogP contribution in [0.25, 0.3) is 45.4 Å². The normalized spacial score (nSPS) is 14.1. The van der Waals surface area contributed by atoms with E-state index in [9.17, 15) is 0 Å². The fraction of sp³-hybridized carbons (Fsp3) is 0.0323. The number of hydrogen-bond donors (Lipinski definition) is 0. The minimum absolute atomic E-state index is 0.344. The third-order valence-electron chi connectivity index (χ3n) is 7.26. The van der Waals surface area contributed by atoms with Gasteiger partial charge in [0, 0.05) is 10.9 Å². The van der Waals surface area contributed by atoms with Gasteiger partial charge in [0.1, 0.15) is 11.3 Å². The molecule has 0 amide bonds. The van der Waals surface area contributed by atoms with Gasteiger partial charge >= 0.3 is 0 Å². The molecule has 1 heteroatoms. The largest absolute Gasteiger partial charge is 0.456 e. The Labute approximate surface area is 187 Å². The van der Waals surface area contributed by atoms with Crippen molar-refractivity contribution in [3.63, 3.8) is 0 Å². The Morgan fingerprint density at radius 2 is 1.12 bits per heavy atom. The summed E-state index contributed by atoms with van der Waals surface area (Å²) in [5.41, 5.74) is 12.0. The highest BCUT2D eigenvalue weighted by Crippen LogP contribution is 2.63. The summed E-state index contributed by atoms with van der Waals surface area (Å²) >= 11 is 0. The van der Waals surface area contributed by atoms with Gasteiger partial charge in [0.05, 0.1) is 5.41 Å². The van der Waals surface area contributed by atoms with Crippen molar-refractivity contribution in [2.75, 3.05) is 0 Å². The first kappa shape index (κ1) is 17.6. The van der Waals surface area contributed by atoms with Crippen LogP contribution in [0, 0.1) is 0 Å². The van der Waals surface area contributed by atoms with E-state index in [-0.39, 0.29) is 5.41 Å². The van der Waals surface area contributed by atoms with E-state index in [1.165, 1.54) is 44.5 Å². The standard InChI is InChI=1S/C31H20O/c1-3-19-24-17-23-22-13-7-10-16-27(22)31(28(23)18-30(24)32-29(19)4-2)25-14-8-5-11-20(25)21-12-6-9-15-26(21)31/h3-18H,1-2H2. The van der Waals surface area contributed by atoms with Gasteiger partial charge in [-0.25, -0.2) is 0 Å². The molecule has 0 saturated heterocycles. The molecule has 7 rings (SSSR count). The van der Waals surface area contributed by atoms with E-state index < -0.39 is 0 Å². The highest BCUT2D eigenvalue weighted by atomic mass is 16.3. The Morgan fingerprint density at radius 1 is 0.594 bits per heavy atom. The number of benzene rings is 4. The van der Waals surface area contributed by atoms with Crippen molar-refractivity contribution in [1.82, 2.24) is 0 Å². The molecular weight excluding hydrogens is 388 g/mol. The molecule has 0 N–H and O–H groups in total. The molecule has 0 fully saturated rings. The van der Waals surface area contributed by atoms with Crippen molar-refractivity contribution in [3.05, 3.63) is 132 Å². The molecular formula is C31H20O. The second-order valence-electron chi connectivity index (χ2n) is 8.57. The summed E-state index contributed by atoms with van der Waals surface area (Å²) in [5, 5.41) is 1.08. The van der Waals surface area contributed by atoms with Gasteiger partial charge in [-0.2, -0.15) is 0 Å². The molecule has 0 saturated carbocycles. The first-order valence-electron chi connectivity index (χ1n) is 10.9. The van der Waals surface area contributed by atoms with Gasteiger partial charge in [0.2, 0.25) is 0 Å². The van der Waals surface area contributed by atoms with Gasteiger partial charge in [-0.3, -0.25) is 0 Å². The highest BCUT2D eigenvalue weighted by molar-refractivity contribution is 6.01. The van der Waals surface area contributed by atoms with Crippen LogP contribution in [-0.2, 0) is 5.41 Å². The second kappa shape index (κ2) is 5.99. The molecule has 0 radical (unpaired) electrons. The molecule has 0 aliphatic heterocycles. The molecule has 0 bridgehead atoms. The van der Waals surface area contributed by atoms with Gasteiger partial charge in [0.15, 0.2) is 0 Å². The molecule has 1 spiro atoms. The predicted molar refractivity (Wildman–Crippen MR) is 133 cm³/mol. The van der Waals surface area contributed by atoms with Crippen LogP contribution in [0.4, 0.5) is 0 Å². The minimum atomic E-state index is -0.344. The van der Waals surface area contributed by atoms with Crippen molar-refractivity contribution < 1.29 is 4.42 Å². The summed E-state index contributed by atoms with van der Waals surface area (Å²) in [5.74, 6) is 0.772. The molecule has 5 aromatic rings. The predicted octanol–water partition coefficient (Wildman–Crippen LogP) is 8.06. The lowest BCUT2D eigenvalue weighted by Gasteiger charge is -2.30. The van der Waals surface area contributed by atoms with Crippen molar-refractivity contribution in [1.29, 1.82) is 0 Å². The molecule has 32 heavy (non-hydrogen) atoms. The molecule has 0 unspecified atom stereocenters. The van der Waals surface area contributed by atoms with E-state index in [4.69, 9.17) is 4.42 Å². The van der Waals surface area contributed by atoms with E-state index >= 15 is 0 Å². The van der Waals surface area contributed by atoms with Crippen molar-refractivity contribution >= 4 is 23.1 Å². The maximum absolute atomic E-state index is 6.25. The summed E-state index contributed by atoms with van der Waals surface area (Å²) in [6.07, 6.45) is 3.64. The Morgan fingerprint density at radius 3 is 1.66 bits per heavy atom. The second-order valence-corrected chi connectivity index (χ2v) is 8.57. The first-order valence-corrected chi connectivity index (χ1v) is 10.9. The zero-order valence-electron chi connectivity index (χ0n) is 17.6. The maximum atomic E-state index is 6.25. The summed E-state index contributed by atoms with van der Waals surface area (Å²) in [7, 11) is 0. The molecule has 1 heterocycles. The van der Waals surface area contributed by atoms with Gasteiger partial charge in [-0.05, 0) is 62.7 Å². The van der Waals surface area contributed by atoms with Crippen LogP contribution in [0.15, 0.2) is 103 Å². The highest BCUT2D eigenvalue weighted by Gasteiger charge is 2.51. The number of rotatable bonds is 2. The lowest BCUT2D eigenvalue weighted by Crippen LogP contribution is -2.25. The first-order chi connectivity index (χ1) is 15.8. The Kier molecular flexibility index (Phi) is 3.29. The smallest absolute Gasteiger partial charge is 0.135 e. The zero-order valence-corrected chi connectivity index (χ0v) is 17.6.